The minimum Gasteiger partial charge on any atom is -0.481 e. The maximum Gasteiger partial charge on any atom is 0.324 e. The lowest BCUT2D eigenvalue weighted by atomic mass is 9.98. The van der Waals surface area contributed by atoms with Crippen molar-refractivity contribution in [2.24, 2.45) is 0 Å². The number of carboxylic acid groups (broad SMARTS) is 1. The molecular weight excluding hydrogens is 236 g/mol. The molecule has 0 aliphatic carbocycles. The molecule has 0 spiro atoms. The van der Waals surface area contributed by atoms with Gasteiger partial charge in [0.05, 0.1) is 6.42 Å². The van der Waals surface area contributed by atoms with Gasteiger partial charge in [0.2, 0.25) is 5.91 Å². The highest BCUT2D eigenvalue weighted by Crippen LogP contribution is 2.22. The second-order valence-electron chi connectivity index (χ2n) is 4.78. The number of amides is 3. The Bertz CT molecular complexity index is 333. The van der Waals surface area contributed by atoms with Gasteiger partial charge in [-0.3, -0.25) is 14.9 Å². The molecule has 1 aliphatic heterocycles. The minimum atomic E-state index is -1.04. The third-order valence-electron chi connectivity index (χ3n) is 3.24. The number of likely N-dealkylation sites (tertiary alicyclic amines) is 1. The molecule has 102 valence electrons. The van der Waals surface area contributed by atoms with Crippen molar-refractivity contribution in [2.45, 2.75) is 58.0 Å². The van der Waals surface area contributed by atoms with Crippen LogP contribution in [0.5, 0.6) is 0 Å². The molecule has 0 aromatic heterocycles. The molecule has 0 bridgehead atoms. The Hall–Kier alpha value is -1.59. The van der Waals surface area contributed by atoms with Gasteiger partial charge in [0, 0.05) is 18.5 Å². The summed E-state index contributed by atoms with van der Waals surface area (Å²) < 4.78 is 0. The van der Waals surface area contributed by atoms with Gasteiger partial charge in [-0.2, -0.15) is 0 Å². The molecule has 0 aromatic rings. The lowest BCUT2D eigenvalue weighted by Crippen LogP contribution is -2.53. The maximum atomic E-state index is 11.9. The zero-order valence-corrected chi connectivity index (χ0v) is 10.8. The van der Waals surface area contributed by atoms with E-state index in [1.165, 1.54) is 0 Å². The van der Waals surface area contributed by atoms with Gasteiger partial charge in [0.25, 0.3) is 0 Å². The third-order valence-corrected chi connectivity index (χ3v) is 3.24. The number of nitrogens with zero attached hydrogens (tertiary/aromatic N) is 1. The van der Waals surface area contributed by atoms with Gasteiger partial charge in [0.15, 0.2) is 0 Å². The Morgan fingerprint density at radius 2 is 1.72 bits per heavy atom. The molecule has 1 fully saturated rings. The Morgan fingerprint density at radius 1 is 1.17 bits per heavy atom. The van der Waals surface area contributed by atoms with E-state index in [0.717, 1.165) is 19.3 Å². The fraction of sp³-hybridized carbons (Fsp3) is 0.750. The average Bonchev–Trinajstić information content (AvgIpc) is 2.26. The third kappa shape index (κ3) is 4.01. The standard InChI is InChI=1S/C12H20N2O4/c1-8-4-3-5-9(2)14(8)12(18)13-10(15)6-7-11(16)17/h8-9H,3-7H2,1-2H3,(H,16,17)(H,13,15,18). The van der Waals surface area contributed by atoms with Gasteiger partial charge in [0.1, 0.15) is 0 Å². The Labute approximate surface area is 106 Å². The number of aliphatic carboxylic acids is 1. The first-order chi connectivity index (χ1) is 8.41. The van der Waals surface area contributed by atoms with Crippen molar-refractivity contribution in [3.8, 4) is 0 Å². The van der Waals surface area contributed by atoms with E-state index in [1.807, 2.05) is 13.8 Å². The highest BCUT2D eigenvalue weighted by atomic mass is 16.4. The summed E-state index contributed by atoms with van der Waals surface area (Å²) in [6.07, 6.45) is 2.52. The zero-order valence-electron chi connectivity index (χ0n) is 10.8. The molecular formula is C12H20N2O4. The van der Waals surface area contributed by atoms with Crippen molar-refractivity contribution in [3.05, 3.63) is 0 Å². The highest BCUT2D eigenvalue weighted by molar-refractivity contribution is 5.95. The molecule has 1 aliphatic rings. The van der Waals surface area contributed by atoms with Crippen molar-refractivity contribution < 1.29 is 19.5 Å². The molecule has 2 atom stereocenters. The second kappa shape index (κ2) is 6.37. The van der Waals surface area contributed by atoms with Crippen LogP contribution in [0.2, 0.25) is 0 Å². The van der Waals surface area contributed by atoms with Crippen LogP contribution < -0.4 is 5.32 Å². The molecule has 2 unspecified atom stereocenters. The lowest BCUT2D eigenvalue weighted by Gasteiger charge is -2.38. The number of carbonyl (C=O) groups excluding carboxylic acids is 2. The Morgan fingerprint density at radius 3 is 2.22 bits per heavy atom. The van der Waals surface area contributed by atoms with Crippen LogP contribution in [0.15, 0.2) is 0 Å². The lowest BCUT2D eigenvalue weighted by molar-refractivity contribution is -0.138. The van der Waals surface area contributed by atoms with Crippen molar-refractivity contribution >= 4 is 17.9 Å². The van der Waals surface area contributed by atoms with E-state index >= 15 is 0 Å². The minimum absolute atomic E-state index is 0.112. The molecule has 1 rings (SSSR count). The van der Waals surface area contributed by atoms with E-state index in [-0.39, 0.29) is 24.9 Å². The largest absolute Gasteiger partial charge is 0.481 e. The van der Waals surface area contributed by atoms with Crippen LogP contribution in [-0.4, -0.2) is 40.0 Å². The van der Waals surface area contributed by atoms with Crippen LogP contribution in [0.1, 0.15) is 46.0 Å². The van der Waals surface area contributed by atoms with E-state index < -0.39 is 17.9 Å². The summed E-state index contributed by atoms with van der Waals surface area (Å²) in [5, 5.41) is 10.7. The summed E-state index contributed by atoms with van der Waals surface area (Å²) in [7, 11) is 0. The van der Waals surface area contributed by atoms with Gasteiger partial charge < -0.3 is 10.0 Å². The van der Waals surface area contributed by atoms with Crippen LogP contribution in [0.25, 0.3) is 0 Å². The van der Waals surface area contributed by atoms with Crippen LogP contribution >= 0.6 is 0 Å². The molecule has 6 heteroatoms. The first-order valence-electron chi connectivity index (χ1n) is 6.25. The Balaban J connectivity index is 2.48. The number of hydrogen-bond donors (Lipinski definition) is 2. The SMILES string of the molecule is CC1CCCC(C)N1C(=O)NC(=O)CCC(=O)O. The quantitative estimate of drug-likeness (QED) is 0.798. The van der Waals surface area contributed by atoms with Crippen LogP contribution in [0.4, 0.5) is 4.79 Å². The molecule has 1 heterocycles. The summed E-state index contributed by atoms with van der Waals surface area (Å²) in [4.78, 5) is 35.3. The molecule has 2 N–H and O–H groups in total. The van der Waals surface area contributed by atoms with Crippen LogP contribution in [0, 0.1) is 0 Å². The van der Waals surface area contributed by atoms with E-state index in [9.17, 15) is 14.4 Å². The summed E-state index contributed by atoms with van der Waals surface area (Å²) in [5.41, 5.74) is 0. The van der Waals surface area contributed by atoms with Crippen LogP contribution in [-0.2, 0) is 9.59 Å². The average molecular weight is 256 g/mol. The number of nitrogens with one attached hydrogen (secondary N) is 1. The van der Waals surface area contributed by atoms with Crippen LogP contribution in [0.3, 0.4) is 0 Å². The van der Waals surface area contributed by atoms with E-state index in [4.69, 9.17) is 5.11 Å². The first-order valence-corrected chi connectivity index (χ1v) is 6.25. The monoisotopic (exact) mass is 256 g/mol. The topological polar surface area (TPSA) is 86.7 Å². The predicted octanol–water partition coefficient (Wildman–Crippen LogP) is 1.35. The van der Waals surface area contributed by atoms with Gasteiger partial charge in [-0.15, -0.1) is 0 Å². The predicted molar refractivity (Wildman–Crippen MR) is 65.0 cm³/mol. The second-order valence-corrected chi connectivity index (χ2v) is 4.78. The maximum absolute atomic E-state index is 11.9. The molecule has 0 radical (unpaired) electrons. The smallest absolute Gasteiger partial charge is 0.324 e. The summed E-state index contributed by atoms with van der Waals surface area (Å²) in [5.74, 6) is -1.58. The van der Waals surface area contributed by atoms with Gasteiger partial charge >= 0.3 is 12.0 Å². The molecule has 1 saturated heterocycles. The number of urea groups is 1. The number of imide groups is 1. The number of rotatable bonds is 3. The highest BCUT2D eigenvalue weighted by Gasteiger charge is 2.29. The molecule has 18 heavy (non-hydrogen) atoms. The fourth-order valence-corrected chi connectivity index (χ4v) is 2.29. The molecule has 0 aromatic carbocycles. The fourth-order valence-electron chi connectivity index (χ4n) is 2.29. The Kier molecular flexibility index (Phi) is 5.12. The molecule has 3 amide bonds. The van der Waals surface area contributed by atoms with Crippen molar-refractivity contribution in [2.75, 3.05) is 0 Å². The zero-order chi connectivity index (χ0) is 13.7. The normalized spacial score (nSPS) is 23.6. The van der Waals surface area contributed by atoms with Crippen molar-refractivity contribution in [1.82, 2.24) is 10.2 Å². The number of carbonyl (C=O) groups is 3. The van der Waals surface area contributed by atoms with Gasteiger partial charge in [-0.1, -0.05) is 0 Å². The summed E-state index contributed by atoms with van der Waals surface area (Å²) in [6.45, 7) is 3.91. The first kappa shape index (κ1) is 14.5. The van der Waals surface area contributed by atoms with Crippen molar-refractivity contribution in [1.29, 1.82) is 0 Å². The van der Waals surface area contributed by atoms with E-state index in [0.29, 0.717) is 0 Å². The van der Waals surface area contributed by atoms with E-state index in [1.54, 1.807) is 4.90 Å². The van der Waals surface area contributed by atoms with Gasteiger partial charge in [-0.05, 0) is 33.1 Å². The summed E-state index contributed by atoms with van der Waals surface area (Å²) in [6, 6.07) is -0.188. The van der Waals surface area contributed by atoms with Crippen molar-refractivity contribution in [3.63, 3.8) is 0 Å². The molecule has 0 saturated carbocycles. The number of hydrogen-bond acceptors (Lipinski definition) is 3. The molecule has 6 nitrogen and oxygen atoms in total. The summed E-state index contributed by atoms with van der Waals surface area (Å²) >= 11 is 0. The number of piperidine rings is 1. The van der Waals surface area contributed by atoms with Gasteiger partial charge in [-0.25, -0.2) is 4.79 Å². The van der Waals surface area contributed by atoms with E-state index in [2.05, 4.69) is 5.32 Å². The number of carboxylic acids is 1.